The van der Waals surface area contributed by atoms with E-state index in [2.05, 4.69) is 23.6 Å². The monoisotopic (exact) mass is 282 g/mol. The molecule has 1 aliphatic heterocycles. The van der Waals surface area contributed by atoms with E-state index in [1.54, 1.807) is 0 Å². The van der Waals surface area contributed by atoms with Gasteiger partial charge in [-0.05, 0) is 37.4 Å². The molecule has 0 bridgehead atoms. The quantitative estimate of drug-likeness (QED) is 0.871. The standard InChI is InChI=1S/C15H22N2O.ClH/c1-2-6-12-7-3-4-9-14(12)17-15(18)11-13-8-5-10-16-13;/h3-4,7,9,13,16H,2,5-6,8,10-11H2,1H3,(H,17,18);1H. The second-order valence-corrected chi connectivity index (χ2v) is 4.95. The molecule has 0 spiro atoms. The molecule has 0 aromatic heterocycles. The van der Waals surface area contributed by atoms with Gasteiger partial charge in [0.05, 0.1) is 0 Å². The average Bonchev–Trinajstić information content (AvgIpc) is 2.84. The maximum absolute atomic E-state index is 12.0. The van der Waals surface area contributed by atoms with E-state index in [-0.39, 0.29) is 18.3 Å². The Morgan fingerprint density at radius 1 is 1.42 bits per heavy atom. The van der Waals surface area contributed by atoms with E-state index in [9.17, 15) is 4.79 Å². The minimum Gasteiger partial charge on any atom is -0.326 e. The summed E-state index contributed by atoms with van der Waals surface area (Å²) in [7, 11) is 0. The first kappa shape index (κ1) is 16.0. The Balaban J connectivity index is 0.00000180. The fourth-order valence-corrected chi connectivity index (χ4v) is 2.49. The Hall–Kier alpha value is -1.06. The molecule has 3 nitrogen and oxygen atoms in total. The van der Waals surface area contributed by atoms with Gasteiger partial charge in [0.1, 0.15) is 0 Å². The molecule has 106 valence electrons. The summed E-state index contributed by atoms with van der Waals surface area (Å²) in [6, 6.07) is 8.45. The largest absolute Gasteiger partial charge is 0.326 e. The molecule has 0 saturated carbocycles. The van der Waals surface area contributed by atoms with Crippen LogP contribution in [0.3, 0.4) is 0 Å². The second kappa shape index (κ2) is 8.18. The number of aryl methyl sites for hydroxylation is 1. The van der Waals surface area contributed by atoms with E-state index >= 15 is 0 Å². The number of nitrogens with one attached hydrogen (secondary N) is 2. The lowest BCUT2D eigenvalue weighted by atomic mass is 10.1. The average molecular weight is 283 g/mol. The van der Waals surface area contributed by atoms with Crippen molar-refractivity contribution in [3.8, 4) is 0 Å². The Bertz CT molecular complexity index is 403. The summed E-state index contributed by atoms with van der Waals surface area (Å²) < 4.78 is 0. The number of amides is 1. The van der Waals surface area contributed by atoms with Gasteiger partial charge in [0, 0.05) is 18.2 Å². The van der Waals surface area contributed by atoms with Crippen molar-refractivity contribution in [3.05, 3.63) is 29.8 Å². The molecule has 4 heteroatoms. The van der Waals surface area contributed by atoms with Crippen LogP contribution in [0.15, 0.2) is 24.3 Å². The fourth-order valence-electron chi connectivity index (χ4n) is 2.49. The molecule has 1 fully saturated rings. The first-order valence-electron chi connectivity index (χ1n) is 6.90. The third kappa shape index (κ3) is 4.84. The van der Waals surface area contributed by atoms with E-state index in [1.807, 2.05) is 18.2 Å². The lowest BCUT2D eigenvalue weighted by molar-refractivity contribution is -0.116. The molecule has 1 unspecified atom stereocenters. The van der Waals surface area contributed by atoms with Gasteiger partial charge in [-0.2, -0.15) is 0 Å². The number of hydrogen-bond donors (Lipinski definition) is 2. The van der Waals surface area contributed by atoms with Crippen LogP contribution in [0.5, 0.6) is 0 Å². The Labute approximate surface area is 121 Å². The summed E-state index contributed by atoms with van der Waals surface area (Å²) in [6.45, 7) is 3.20. The summed E-state index contributed by atoms with van der Waals surface area (Å²) in [5, 5.41) is 6.40. The van der Waals surface area contributed by atoms with Gasteiger partial charge in [0.15, 0.2) is 0 Å². The van der Waals surface area contributed by atoms with Crippen molar-refractivity contribution in [2.75, 3.05) is 11.9 Å². The van der Waals surface area contributed by atoms with Gasteiger partial charge >= 0.3 is 0 Å². The van der Waals surface area contributed by atoms with Crippen LogP contribution in [0.1, 0.15) is 38.2 Å². The van der Waals surface area contributed by atoms with Crippen LogP contribution >= 0.6 is 12.4 Å². The lowest BCUT2D eigenvalue weighted by Crippen LogP contribution is -2.27. The highest BCUT2D eigenvalue weighted by Crippen LogP contribution is 2.18. The molecule has 0 aliphatic carbocycles. The van der Waals surface area contributed by atoms with Gasteiger partial charge in [-0.3, -0.25) is 4.79 Å². The number of rotatable bonds is 5. The molecule has 1 aromatic rings. The van der Waals surface area contributed by atoms with Crippen molar-refractivity contribution >= 4 is 24.0 Å². The number of hydrogen-bond acceptors (Lipinski definition) is 2. The van der Waals surface area contributed by atoms with E-state index in [1.165, 1.54) is 12.0 Å². The zero-order chi connectivity index (χ0) is 12.8. The molecule has 1 saturated heterocycles. The van der Waals surface area contributed by atoms with Crippen LogP contribution in [-0.4, -0.2) is 18.5 Å². The van der Waals surface area contributed by atoms with Crippen molar-refractivity contribution in [1.29, 1.82) is 0 Å². The highest BCUT2D eigenvalue weighted by molar-refractivity contribution is 5.91. The van der Waals surface area contributed by atoms with E-state index in [0.29, 0.717) is 12.5 Å². The normalized spacial score (nSPS) is 17.8. The molecular weight excluding hydrogens is 260 g/mol. The smallest absolute Gasteiger partial charge is 0.225 e. The van der Waals surface area contributed by atoms with Crippen molar-refractivity contribution in [2.45, 2.75) is 45.1 Å². The third-order valence-electron chi connectivity index (χ3n) is 3.40. The van der Waals surface area contributed by atoms with Gasteiger partial charge in [-0.15, -0.1) is 12.4 Å². The Kier molecular flexibility index (Phi) is 6.89. The molecule has 1 aromatic carbocycles. The predicted molar refractivity (Wildman–Crippen MR) is 82.0 cm³/mol. The summed E-state index contributed by atoms with van der Waals surface area (Å²) in [4.78, 5) is 12.0. The van der Waals surface area contributed by atoms with Crippen LogP contribution in [0.2, 0.25) is 0 Å². The highest BCUT2D eigenvalue weighted by Gasteiger charge is 2.17. The summed E-state index contributed by atoms with van der Waals surface area (Å²) in [5.74, 6) is 0.123. The molecule has 2 N–H and O–H groups in total. The van der Waals surface area contributed by atoms with Gasteiger partial charge < -0.3 is 10.6 Å². The molecular formula is C15H23ClN2O. The van der Waals surface area contributed by atoms with Crippen molar-refractivity contribution in [3.63, 3.8) is 0 Å². The van der Waals surface area contributed by atoms with Gasteiger partial charge in [-0.1, -0.05) is 31.5 Å². The summed E-state index contributed by atoms with van der Waals surface area (Å²) in [5.41, 5.74) is 2.20. The Morgan fingerprint density at radius 3 is 2.89 bits per heavy atom. The molecule has 1 aliphatic rings. The topological polar surface area (TPSA) is 41.1 Å². The van der Waals surface area contributed by atoms with Gasteiger partial charge in [-0.25, -0.2) is 0 Å². The summed E-state index contributed by atoms with van der Waals surface area (Å²) >= 11 is 0. The number of halogens is 1. The SMILES string of the molecule is CCCc1ccccc1NC(=O)CC1CCCN1.Cl. The number of benzene rings is 1. The number of para-hydroxylation sites is 1. The molecule has 0 radical (unpaired) electrons. The van der Waals surface area contributed by atoms with Crippen LogP contribution < -0.4 is 10.6 Å². The van der Waals surface area contributed by atoms with Crippen molar-refractivity contribution in [1.82, 2.24) is 5.32 Å². The van der Waals surface area contributed by atoms with E-state index < -0.39 is 0 Å². The number of carbonyl (C=O) groups excluding carboxylic acids is 1. The van der Waals surface area contributed by atoms with Crippen LogP contribution in [0.25, 0.3) is 0 Å². The van der Waals surface area contributed by atoms with E-state index in [0.717, 1.165) is 31.5 Å². The van der Waals surface area contributed by atoms with Crippen molar-refractivity contribution < 1.29 is 4.79 Å². The predicted octanol–water partition coefficient (Wildman–Crippen LogP) is 3.14. The minimum atomic E-state index is 0. The molecule has 2 rings (SSSR count). The molecule has 1 atom stereocenters. The zero-order valence-corrected chi connectivity index (χ0v) is 12.3. The zero-order valence-electron chi connectivity index (χ0n) is 11.4. The first-order chi connectivity index (χ1) is 8.79. The molecule has 1 amide bonds. The lowest BCUT2D eigenvalue weighted by Gasteiger charge is -2.13. The maximum Gasteiger partial charge on any atom is 0.225 e. The third-order valence-corrected chi connectivity index (χ3v) is 3.40. The highest BCUT2D eigenvalue weighted by atomic mass is 35.5. The molecule has 1 heterocycles. The van der Waals surface area contributed by atoms with Crippen LogP contribution in [0.4, 0.5) is 5.69 Å². The fraction of sp³-hybridized carbons (Fsp3) is 0.533. The van der Waals surface area contributed by atoms with Gasteiger partial charge in [0.25, 0.3) is 0 Å². The van der Waals surface area contributed by atoms with Gasteiger partial charge in [0.2, 0.25) is 5.91 Å². The van der Waals surface area contributed by atoms with Crippen LogP contribution in [0, 0.1) is 0 Å². The number of carbonyl (C=O) groups is 1. The summed E-state index contributed by atoms with van der Waals surface area (Å²) in [6.07, 6.45) is 4.99. The van der Waals surface area contributed by atoms with Crippen molar-refractivity contribution in [2.24, 2.45) is 0 Å². The molecule has 19 heavy (non-hydrogen) atoms. The Morgan fingerprint density at radius 2 is 2.21 bits per heavy atom. The minimum absolute atomic E-state index is 0. The second-order valence-electron chi connectivity index (χ2n) is 4.95. The van der Waals surface area contributed by atoms with Crippen LogP contribution in [-0.2, 0) is 11.2 Å². The number of anilines is 1. The van der Waals surface area contributed by atoms with E-state index in [4.69, 9.17) is 0 Å². The maximum atomic E-state index is 12.0. The first-order valence-corrected chi connectivity index (χ1v) is 6.90.